The number of ether oxygens (including phenoxy) is 1. The number of halogens is 4. The summed E-state index contributed by atoms with van der Waals surface area (Å²) in [7, 11) is -2.80. The highest BCUT2D eigenvalue weighted by Crippen LogP contribution is 2.22. The van der Waals surface area contributed by atoms with Crippen LogP contribution < -0.4 is 4.74 Å². The number of sulfone groups is 1. The van der Waals surface area contributed by atoms with Crippen molar-refractivity contribution < 1.29 is 36.2 Å². The van der Waals surface area contributed by atoms with E-state index in [0.29, 0.717) is 30.5 Å². The first-order valence-corrected chi connectivity index (χ1v) is 9.31. The van der Waals surface area contributed by atoms with Gasteiger partial charge in [-0.1, -0.05) is 23.7 Å². The molecule has 0 saturated carbocycles. The van der Waals surface area contributed by atoms with Crippen LogP contribution in [0.15, 0.2) is 24.3 Å². The third-order valence-electron chi connectivity index (χ3n) is 3.18. The number of aliphatic carboxylic acids is 1. The lowest BCUT2D eigenvalue weighted by molar-refractivity contribution is -0.192. The van der Waals surface area contributed by atoms with Crippen LogP contribution in [-0.2, 0) is 14.6 Å². The van der Waals surface area contributed by atoms with Crippen LogP contribution in [0.5, 0.6) is 5.75 Å². The molecule has 0 atom stereocenters. The van der Waals surface area contributed by atoms with Crippen molar-refractivity contribution in [1.29, 1.82) is 0 Å². The second-order valence-corrected chi connectivity index (χ2v) is 7.79. The average molecular weight is 404 g/mol. The van der Waals surface area contributed by atoms with Gasteiger partial charge in [0.15, 0.2) is 9.84 Å². The van der Waals surface area contributed by atoms with Crippen molar-refractivity contribution in [2.24, 2.45) is 0 Å². The van der Waals surface area contributed by atoms with Crippen molar-refractivity contribution in [1.82, 2.24) is 4.90 Å². The highest BCUT2D eigenvalue weighted by Gasteiger charge is 2.38. The molecule has 25 heavy (non-hydrogen) atoms. The first-order chi connectivity index (χ1) is 11.5. The summed E-state index contributed by atoms with van der Waals surface area (Å²) in [5, 5.41) is 7.72. The number of alkyl halides is 3. The van der Waals surface area contributed by atoms with Crippen LogP contribution in [0.2, 0.25) is 5.02 Å². The van der Waals surface area contributed by atoms with E-state index in [-0.39, 0.29) is 11.5 Å². The van der Waals surface area contributed by atoms with Crippen molar-refractivity contribution in [3.05, 3.63) is 29.3 Å². The summed E-state index contributed by atoms with van der Waals surface area (Å²) >= 11 is 5.97. The number of carboxylic acid groups (broad SMARTS) is 1. The molecule has 0 spiro atoms. The maximum Gasteiger partial charge on any atom is 0.490 e. The van der Waals surface area contributed by atoms with Gasteiger partial charge in [-0.15, -0.1) is 0 Å². The standard InChI is InChI=1S/C12H16ClNO3S.C2HF3O2/c13-11-3-1-2-4-12(11)17-8-5-14-6-9-18(15,16)10-7-14;3-2(4,5)1(6)7/h1-4H,5-10H2;(H,6,7). The molecule has 1 heterocycles. The number of nitrogens with zero attached hydrogens (tertiary/aromatic N) is 1. The van der Waals surface area contributed by atoms with E-state index in [9.17, 15) is 21.6 Å². The second kappa shape index (κ2) is 9.25. The molecule has 1 aromatic rings. The van der Waals surface area contributed by atoms with E-state index in [4.69, 9.17) is 26.2 Å². The Hall–Kier alpha value is -1.52. The number of hydrogen-bond acceptors (Lipinski definition) is 5. The number of para-hydroxylation sites is 1. The minimum Gasteiger partial charge on any atom is -0.491 e. The van der Waals surface area contributed by atoms with Gasteiger partial charge in [0.25, 0.3) is 0 Å². The molecule has 0 bridgehead atoms. The molecule has 1 fully saturated rings. The largest absolute Gasteiger partial charge is 0.491 e. The Bertz CT molecular complexity index is 667. The lowest BCUT2D eigenvalue weighted by Gasteiger charge is -2.26. The minimum absolute atomic E-state index is 0.249. The van der Waals surface area contributed by atoms with E-state index in [1.165, 1.54) is 0 Å². The second-order valence-electron chi connectivity index (χ2n) is 5.08. The normalized spacial score (nSPS) is 17.3. The van der Waals surface area contributed by atoms with Gasteiger partial charge in [0.05, 0.1) is 16.5 Å². The van der Waals surface area contributed by atoms with Gasteiger partial charge >= 0.3 is 12.1 Å². The van der Waals surface area contributed by atoms with Gasteiger partial charge in [-0.3, -0.25) is 4.90 Å². The summed E-state index contributed by atoms with van der Waals surface area (Å²) in [5.74, 6) is -1.59. The molecule has 1 aromatic carbocycles. The summed E-state index contributed by atoms with van der Waals surface area (Å²) in [5.41, 5.74) is 0. The molecule has 0 unspecified atom stereocenters. The Morgan fingerprint density at radius 1 is 1.24 bits per heavy atom. The van der Waals surface area contributed by atoms with Crippen molar-refractivity contribution in [2.75, 3.05) is 37.7 Å². The van der Waals surface area contributed by atoms with E-state index in [2.05, 4.69) is 4.90 Å². The summed E-state index contributed by atoms with van der Waals surface area (Å²) in [6.07, 6.45) is -5.08. The van der Waals surface area contributed by atoms with Crippen molar-refractivity contribution in [2.45, 2.75) is 6.18 Å². The Morgan fingerprint density at radius 3 is 2.24 bits per heavy atom. The summed E-state index contributed by atoms with van der Waals surface area (Å²) < 4.78 is 59.8. The predicted molar refractivity (Wildman–Crippen MR) is 85.7 cm³/mol. The number of hydrogen-bond donors (Lipinski definition) is 1. The predicted octanol–water partition coefficient (Wildman–Crippen LogP) is 2.08. The van der Waals surface area contributed by atoms with Crippen LogP contribution in [0.4, 0.5) is 13.2 Å². The van der Waals surface area contributed by atoms with Crippen LogP contribution >= 0.6 is 11.6 Å². The molecule has 1 saturated heterocycles. The minimum atomic E-state index is -5.08. The molecule has 11 heteroatoms. The van der Waals surface area contributed by atoms with Crippen molar-refractivity contribution in [3.8, 4) is 5.75 Å². The fourth-order valence-corrected chi connectivity index (χ4v) is 3.29. The molecular formula is C14H17ClF3NO5S. The zero-order valence-electron chi connectivity index (χ0n) is 13.0. The summed E-state index contributed by atoms with van der Waals surface area (Å²) in [4.78, 5) is 11.0. The van der Waals surface area contributed by atoms with Crippen LogP contribution in [0.3, 0.4) is 0 Å². The number of rotatable bonds is 4. The van der Waals surface area contributed by atoms with Crippen LogP contribution in [-0.4, -0.2) is 68.3 Å². The van der Waals surface area contributed by atoms with Crippen LogP contribution in [0.1, 0.15) is 0 Å². The number of benzene rings is 1. The summed E-state index contributed by atoms with van der Waals surface area (Å²) in [6.45, 7) is 2.42. The van der Waals surface area contributed by atoms with E-state index < -0.39 is 22.0 Å². The van der Waals surface area contributed by atoms with Gasteiger partial charge in [-0.05, 0) is 12.1 Å². The first-order valence-electron chi connectivity index (χ1n) is 7.11. The van der Waals surface area contributed by atoms with Crippen molar-refractivity contribution >= 4 is 27.4 Å². The SMILES string of the molecule is O=C(O)C(F)(F)F.O=S1(=O)CCN(CCOc2ccccc2Cl)CC1. The van der Waals surface area contributed by atoms with Gasteiger partial charge in [-0.25, -0.2) is 13.2 Å². The molecule has 1 N–H and O–H groups in total. The Kier molecular flexibility index (Phi) is 7.97. The van der Waals surface area contributed by atoms with E-state index in [0.717, 1.165) is 6.54 Å². The third kappa shape index (κ3) is 8.41. The molecule has 1 aliphatic heterocycles. The first kappa shape index (κ1) is 21.5. The van der Waals surface area contributed by atoms with Gasteiger partial charge in [0, 0.05) is 19.6 Å². The van der Waals surface area contributed by atoms with Gasteiger partial charge in [-0.2, -0.15) is 13.2 Å². The highest BCUT2D eigenvalue weighted by atomic mass is 35.5. The molecule has 1 aliphatic rings. The van der Waals surface area contributed by atoms with Gasteiger partial charge in [0.2, 0.25) is 0 Å². The lowest BCUT2D eigenvalue weighted by Crippen LogP contribution is -2.42. The molecule has 0 aliphatic carbocycles. The monoisotopic (exact) mass is 403 g/mol. The van der Waals surface area contributed by atoms with Gasteiger partial charge < -0.3 is 9.84 Å². The molecule has 0 radical (unpaired) electrons. The molecule has 6 nitrogen and oxygen atoms in total. The lowest BCUT2D eigenvalue weighted by atomic mass is 10.3. The van der Waals surface area contributed by atoms with Crippen LogP contribution in [0.25, 0.3) is 0 Å². The topological polar surface area (TPSA) is 83.9 Å². The Balaban J connectivity index is 0.000000381. The third-order valence-corrected chi connectivity index (χ3v) is 5.10. The van der Waals surface area contributed by atoms with E-state index >= 15 is 0 Å². The molecule has 0 amide bonds. The fourth-order valence-electron chi connectivity index (χ4n) is 1.82. The number of carboxylic acids is 1. The highest BCUT2D eigenvalue weighted by molar-refractivity contribution is 7.91. The molecule has 2 rings (SSSR count). The summed E-state index contributed by atoms with van der Waals surface area (Å²) in [6, 6.07) is 7.33. The zero-order chi connectivity index (χ0) is 19.1. The molecular weight excluding hydrogens is 387 g/mol. The number of carbonyl (C=O) groups is 1. The maximum atomic E-state index is 11.3. The Morgan fingerprint density at radius 2 is 1.76 bits per heavy atom. The average Bonchev–Trinajstić information content (AvgIpc) is 2.50. The molecule has 0 aromatic heterocycles. The van der Waals surface area contributed by atoms with Crippen molar-refractivity contribution in [3.63, 3.8) is 0 Å². The fraction of sp³-hybridized carbons (Fsp3) is 0.500. The maximum absolute atomic E-state index is 11.3. The van der Waals surface area contributed by atoms with E-state index in [1.807, 2.05) is 18.2 Å². The van der Waals surface area contributed by atoms with Gasteiger partial charge in [0.1, 0.15) is 12.4 Å². The van der Waals surface area contributed by atoms with E-state index in [1.54, 1.807) is 6.07 Å². The van der Waals surface area contributed by atoms with Crippen LogP contribution in [0, 0.1) is 0 Å². The Labute approximate surface area is 148 Å². The molecule has 142 valence electrons. The quantitative estimate of drug-likeness (QED) is 0.828. The zero-order valence-corrected chi connectivity index (χ0v) is 14.6. The smallest absolute Gasteiger partial charge is 0.490 e.